The van der Waals surface area contributed by atoms with Gasteiger partial charge in [0.2, 0.25) is 11.8 Å². The third-order valence-electron chi connectivity index (χ3n) is 2.56. The van der Waals surface area contributed by atoms with Crippen LogP contribution in [0.15, 0.2) is 18.2 Å². The summed E-state index contributed by atoms with van der Waals surface area (Å²) in [6.07, 6.45) is 0.198. The zero-order valence-corrected chi connectivity index (χ0v) is 12.5. The van der Waals surface area contributed by atoms with Gasteiger partial charge in [0.25, 0.3) is 0 Å². The molecule has 0 bridgehead atoms. The third-order valence-corrected chi connectivity index (χ3v) is 3.14. The first kappa shape index (κ1) is 16.8. The molecule has 0 saturated carbocycles. The van der Waals surface area contributed by atoms with Gasteiger partial charge in [-0.3, -0.25) is 9.59 Å². The zero-order chi connectivity index (χ0) is 15.1. The Kier molecular flexibility index (Phi) is 6.78. The Balaban J connectivity index is 2.72. The maximum Gasteiger partial charge on any atom is 0.246 e. The maximum absolute atomic E-state index is 11.5. The lowest BCUT2D eigenvalue weighted by atomic mass is 10.1. The van der Waals surface area contributed by atoms with Crippen LogP contribution in [-0.4, -0.2) is 31.1 Å². The minimum absolute atomic E-state index is 0.116. The Morgan fingerprint density at radius 2 is 2.10 bits per heavy atom. The van der Waals surface area contributed by atoms with Crippen LogP contribution in [-0.2, 0) is 20.7 Å². The van der Waals surface area contributed by atoms with Gasteiger partial charge >= 0.3 is 0 Å². The van der Waals surface area contributed by atoms with Crippen LogP contribution in [0.5, 0.6) is 0 Å². The molecule has 0 aliphatic rings. The number of rotatable bonds is 7. The summed E-state index contributed by atoms with van der Waals surface area (Å²) >= 11 is 11.8. The predicted octanol–water partition coefficient (Wildman–Crippen LogP) is 1.54. The lowest BCUT2D eigenvalue weighted by Gasteiger charge is -2.16. The van der Waals surface area contributed by atoms with E-state index in [1.54, 1.807) is 25.1 Å². The van der Waals surface area contributed by atoms with Gasteiger partial charge in [0.15, 0.2) is 0 Å². The summed E-state index contributed by atoms with van der Waals surface area (Å²) in [4.78, 5) is 22.9. The Morgan fingerprint density at radius 3 is 2.65 bits per heavy atom. The molecule has 20 heavy (non-hydrogen) atoms. The van der Waals surface area contributed by atoms with Crippen molar-refractivity contribution in [2.24, 2.45) is 5.73 Å². The van der Waals surface area contributed by atoms with E-state index in [0.29, 0.717) is 22.2 Å². The molecule has 5 nitrogen and oxygen atoms in total. The summed E-state index contributed by atoms with van der Waals surface area (Å²) in [5.74, 6) is -1.04. The van der Waals surface area contributed by atoms with Crippen molar-refractivity contribution in [2.75, 3.05) is 13.2 Å². The minimum Gasteiger partial charge on any atom is -0.372 e. The number of amides is 2. The van der Waals surface area contributed by atoms with E-state index in [0.717, 1.165) is 0 Å². The van der Waals surface area contributed by atoms with Crippen molar-refractivity contribution in [3.05, 3.63) is 33.8 Å². The fourth-order valence-corrected chi connectivity index (χ4v) is 2.05. The van der Waals surface area contributed by atoms with E-state index in [1.165, 1.54) is 0 Å². The van der Waals surface area contributed by atoms with Gasteiger partial charge in [0, 0.05) is 23.1 Å². The third kappa shape index (κ3) is 5.36. The first-order valence-corrected chi connectivity index (χ1v) is 6.80. The van der Waals surface area contributed by atoms with Gasteiger partial charge in [-0.05, 0) is 24.6 Å². The molecule has 0 spiro atoms. The summed E-state index contributed by atoms with van der Waals surface area (Å²) in [6.45, 7) is 2.07. The highest BCUT2D eigenvalue weighted by molar-refractivity contribution is 6.35. The molecule has 0 heterocycles. The second-order valence-corrected chi connectivity index (χ2v) is 4.94. The zero-order valence-electron chi connectivity index (χ0n) is 11.0. The molecule has 1 rings (SSSR count). The van der Waals surface area contributed by atoms with E-state index >= 15 is 0 Å². The molecule has 0 radical (unpaired) electrons. The molecular weight excluding hydrogens is 303 g/mol. The summed E-state index contributed by atoms with van der Waals surface area (Å²) in [6, 6.07) is 4.07. The molecule has 110 valence electrons. The fraction of sp³-hybridized carbons (Fsp3) is 0.385. The Morgan fingerprint density at radius 1 is 1.40 bits per heavy atom. The van der Waals surface area contributed by atoms with Crippen molar-refractivity contribution < 1.29 is 14.3 Å². The van der Waals surface area contributed by atoms with Gasteiger partial charge in [-0.25, -0.2) is 0 Å². The fourth-order valence-electron chi connectivity index (χ4n) is 1.56. The lowest BCUT2D eigenvalue weighted by molar-refractivity contribution is -0.130. The van der Waals surface area contributed by atoms with Gasteiger partial charge in [0.1, 0.15) is 12.6 Å². The number of carbonyl (C=O) groups excluding carboxylic acids is 2. The van der Waals surface area contributed by atoms with Gasteiger partial charge in [-0.15, -0.1) is 0 Å². The van der Waals surface area contributed by atoms with Crippen LogP contribution in [0.1, 0.15) is 12.5 Å². The summed E-state index contributed by atoms with van der Waals surface area (Å²) < 4.78 is 4.96. The molecular formula is C13H16Cl2N2O3. The number of nitrogens with two attached hydrogens (primary N) is 1. The minimum atomic E-state index is -0.846. The number of nitrogens with one attached hydrogen (secondary N) is 1. The average Bonchev–Trinajstić information content (AvgIpc) is 2.38. The van der Waals surface area contributed by atoms with Crippen LogP contribution in [0.4, 0.5) is 0 Å². The molecule has 3 N–H and O–H groups in total. The number of primary amides is 1. The molecule has 2 amide bonds. The highest BCUT2D eigenvalue weighted by Gasteiger charge is 2.19. The van der Waals surface area contributed by atoms with Crippen molar-refractivity contribution in [3.8, 4) is 0 Å². The van der Waals surface area contributed by atoms with E-state index in [2.05, 4.69) is 5.32 Å². The predicted molar refractivity (Wildman–Crippen MR) is 77.8 cm³/mol. The first-order valence-electron chi connectivity index (χ1n) is 6.04. The van der Waals surface area contributed by atoms with E-state index in [4.69, 9.17) is 33.7 Å². The van der Waals surface area contributed by atoms with Crippen LogP contribution in [0.25, 0.3) is 0 Å². The van der Waals surface area contributed by atoms with E-state index in [1.807, 2.05) is 0 Å². The van der Waals surface area contributed by atoms with Crippen LogP contribution in [0.3, 0.4) is 0 Å². The van der Waals surface area contributed by atoms with Crippen molar-refractivity contribution in [1.29, 1.82) is 0 Å². The summed E-state index contributed by atoms with van der Waals surface area (Å²) in [5.41, 5.74) is 5.96. The van der Waals surface area contributed by atoms with Crippen molar-refractivity contribution in [3.63, 3.8) is 0 Å². The first-order chi connectivity index (χ1) is 9.43. The second-order valence-electron chi connectivity index (χ2n) is 4.10. The molecule has 0 aliphatic carbocycles. The number of carbonyl (C=O) groups is 2. The smallest absolute Gasteiger partial charge is 0.246 e. The Labute approximate surface area is 127 Å². The second kappa shape index (κ2) is 8.09. The van der Waals surface area contributed by atoms with Crippen LogP contribution >= 0.6 is 23.2 Å². The highest BCUT2D eigenvalue weighted by Crippen LogP contribution is 2.22. The molecule has 0 fully saturated rings. The summed E-state index contributed by atoms with van der Waals surface area (Å²) in [7, 11) is 0. The molecule has 0 aromatic heterocycles. The number of hydrogen-bond donors (Lipinski definition) is 2. The molecule has 1 aromatic carbocycles. The van der Waals surface area contributed by atoms with Crippen LogP contribution < -0.4 is 11.1 Å². The SMILES string of the molecule is CCOCC(=O)N[C@@H](Cc1ccc(Cl)cc1Cl)C(N)=O. The van der Waals surface area contributed by atoms with Crippen molar-refractivity contribution in [1.82, 2.24) is 5.32 Å². The topological polar surface area (TPSA) is 81.4 Å². The lowest BCUT2D eigenvalue weighted by Crippen LogP contribution is -2.47. The van der Waals surface area contributed by atoms with Gasteiger partial charge < -0.3 is 15.8 Å². The molecule has 1 aromatic rings. The van der Waals surface area contributed by atoms with E-state index < -0.39 is 17.9 Å². The van der Waals surface area contributed by atoms with Crippen molar-refractivity contribution in [2.45, 2.75) is 19.4 Å². The molecule has 0 unspecified atom stereocenters. The van der Waals surface area contributed by atoms with Crippen LogP contribution in [0.2, 0.25) is 10.0 Å². The number of benzene rings is 1. The molecule has 1 atom stereocenters. The average molecular weight is 319 g/mol. The highest BCUT2D eigenvalue weighted by atomic mass is 35.5. The maximum atomic E-state index is 11.5. The largest absolute Gasteiger partial charge is 0.372 e. The summed E-state index contributed by atoms with van der Waals surface area (Å²) in [5, 5.41) is 3.43. The molecule has 0 saturated heterocycles. The van der Waals surface area contributed by atoms with E-state index in [-0.39, 0.29) is 13.0 Å². The van der Waals surface area contributed by atoms with E-state index in [9.17, 15) is 9.59 Å². The number of hydrogen-bond acceptors (Lipinski definition) is 3. The standard InChI is InChI=1S/C13H16Cl2N2O3/c1-2-20-7-12(18)17-11(13(16)19)5-8-3-4-9(14)6-10(8)15/h3-4,6,11H,2,5,7H2,1H3,(H2,16,19)(H,17,18)/t11-/m0/s1. The Hall–Kier alpha value is -1.30. The monoisotopic (exact) mass is 318 g/mol. The van der Waals surface area contributed by atoms with Gasteiger partial charge in [-0.2, -0.15) is 0 Å². The van der Waals surface area contributed by atoms with Gasteiger partial charge in [-0.1, -0.05) is 29.3 Å². The molecule has 7 heteroatoms. The number of ether oxygens (including phenoxy) is 1. The quantitative estimate of drug-likeness (QED) is 0.800. The number of halogens is 2. The normalized spacial score (nSPS) is 11.9. The Bertz CT molecular complexity index is 495. The van der Waals surface area contributed by atoms with Gasteiger partial charge in [0.05, 0.1) is 0 Å². The van der Waals surface area contributed by atoms with Crippen molar-refractivity contribution >= 4 is 35.0 Å². The van der Waals surface area contributed by atoms with Crippen LogP contribution in [0, 0.1) is 0 Å². The molecule has 0 aliphatic heterocycles.